The number of hydrazone groups is 1. The first kappa shape index (κ1) is 29.2. The molecule has 5 nitrogen and oxygen atoms in total. The molecule has 0 radical (unpaired) electrons. The average molecular weight is 584 g/mol. The number of benzene rings is 2. The van der Waals surface area contributed by atoms with Crippen molar-refractivity contribution in [2.24, 2.45) is 40.6 Å². The molecule has 6 rings (SSSR count). The van der Waals surface area contributed by atoms with E-state index < -0.39 is 0 Å². The number of amidine groups is 1. The highest BCUT2D eigenvalue weighted by Crippen LogP contribution is 2.53. The molecule has 0 saturated heterocycles. The van der Waals surface area contributed by atoms with Crippen molar-refractivity contribution in [2.45, 2.75) is 91.9 Å². The first-order valence-corrected chi connectivity index (χ1v) is 17.2. The Morgan fingerprint density at radius 2 is 1.33 bits per heavy atom. The molecule has 0 bridgehead atoms. The van der Waals surface area contributed by atoms with E-state index in [0.717, 1.165) is 34.1 Å². The minimum atomic E-state index is 0.515. The summed E-state index contributed by atoms with van der Waals surface area (Å²) in [5.74, 6) is 6.15. The SMILES string of the molecule is CC1CCC(C(C)C)C(c2nc(N3NC(c4ccccc4)=NN3c3ccccc3)sc2C2CC(C)CCC2C(C)C)C1. The highest BCUT2D eigenvalue weighted by molar-refractivity contribution is 7.15. The van der Waals surface area contributed by atoms with Gasteiger partial charge in [0, 0.05) is 16.4 Å². The summed E-state index contributed by atoms with van der Waals surface area (Å²) in [5.41, 5.74) is 7.15. The number of hydrazine groups is 2. The standard InChI is InChI=1S/C36H49N5S/c1-23(2)29-19-17-25(5)21-31(29)33-34(32-22-26(6)18-20-30(32)24(3)4)42-36(37-33)41-39-35(27-13-9-7-10-14-27)38-40(41)28-15-11-8-12-16-28/h7-16,23-26,29-32H,17-22H2,1-6H3,(H,38,39). The molecule has 3 aromatic rings. The zero-order valence-electron chi connectivity index (χ0n) is 26.3. The van der Waals surface area contributed by atoms with Gasteiger partial charge in [-0.1, -0.05) is 114 Å². The van der Waals surface area contributed by atoms with Crippen LogP contribution in [0.1, 0.15) is 108 Å². The minimum absolute atomic E-state index is 0.515. The van der Waals surface area contributed by atoms with Crippen LogP contribution in [0.2, 0.25) is 0 Å². The molecule has 2 saturated carbocycles. The molecule has 6 atom stereocenters. The number of anilines is 2. The summed E-state index contributed by atoms with van der Waals surface area (Å²) in [6, 6.07) is 20.9. The summed E-state index contributed by atoms with van der Waals surface area (Å²) in [5, 5.41) is 10.2. The van der Waals surface area contributed by atoms with Crippen molar-refractivity contribution in [3.8, 4) is 0 Å². The topological polar surface area (TPSA) is 43.8 Å². The van der Waals surface area contributed by atoms with E-state index >= 15 is 0 Å². The fourth-order valence-electron chi connectivity index (χ4n) is 7.86. The van der Waals surface area contributed by atoms with Crippen molar-refractivity contribution in [1.29, 1.82) is 0 Å². The lowest BCUT2D eigenvalue weighted by Crippen LogP contribution is -2.44. The van der Waals surface area contributed by atoms with Crippen LogP contribution in [0.5, 0.6) is 0 Å². The van der Waals surface area contributed by atoms with Crippen molar-refractivity contribution < 1.29 is 0 Å². The second-order valence-electron chi connectivity index (χ2n) is 14.0. The normalized spacial score (nSPS) is 28.3. The average Bonchev–Trinajstić information content (AvgIpc) is 3.63. The Morgan fingerprint density at radius 1 is 0.762 bits per heavy atom. The minimum Gasteiger partial charge on any atom is -0.256 e. The second kappa shape index (κ2) is 12.4. The molecule has 2 heterocycles. The molecule has 42 heavy (non-hydrogen) atoms. The lowest BCUT2D eigenvalue weighted by Gasteiger charge is -2.40. The van der Waals surface area contributed by atoms with E-state index in [-0.39, 0.29) is 0 Å². The van der Waals surface area contributed by atoms with E-state index in [0.29, 0.717) is 35.5 Å². The number of hydrogen-bond acceptors (Lipinski definition) is 6. The van der Waals surface area contributed by atoms with Crippen LogP contribution in [-0.4, -0.2) is 10.8 Å². The molecule has 2 aliphatic carbocycles. The predicted octanol–water partition coefficient (Wildman–Crippen LogP) is 9.60. The molecule has 1 aromatic heterocycles. The van der Waals surface area contributed by atoms with Gasteiger partial charge in [-0.3, -0.25) is 5.43 Å². The predicted molar refractivity (Wildman–Crippen MR) is 178 cm³/mol. The van der Waals surface area contributed by atoms with Gasteiger partial charge in [0.25, 0.3) is 0 Å². The van der Waals surface area contributed by atoms with E-state index in [1.807, 2.05) is 16.5 Å². The third-order valence-corrected chi connectivity index (χ3v) is 11.4. The largest absolute Gasteiger partial charge is 0.256 e. The summed E-state index contributed by atoms with van der Waals surface area (Å²) in [7, 11) is 0. The van der Waals surface area contributed by atoms with Crippen molar-refractivity contribution in [3.05, 3.63) is 76.8 Å². The van der Waals surface area contributed by atoms with Gasteiger partial charge in [-0.15, -0.1) is 15.3 Å². The van der Waals surface area contributed by atoms with Crippen LogP contribution >= 0.6 is 11.3 Å². The second-order valence-corrected chi connectivity index (χ2v) is 15.0. The summed E-state index contributed by atoms with van der Waals surface area (Å²) in [4.78, 5) is 7.21. The van der Waals surface area contributed by atoms with Gasteiger partial charge in [0.1, 0.15) is 0 Å². The molecule has 2 aromatic carbocycles. The number of para-hydroxylation sites is 1. The highest BCUT2D eigenvalue weighted by atomic mass is 32.1. The fourth-order valence-corrected chi connectivity index (χ4v) is 9.14. The third-order valence-electron chi connectivity index (χ3n) is 10.2. The van der Waals surface area contributed by atoms with Crippen LogP contribution < -0.4 is 15.7 Å². The van der Waals surface area contributed by atoms with Crippen LogP contribution in [0, 0.1) is 35.5 Å². The molecular weight excluding hydrogens is 534 g/mol. The van der Waals surface area contributed by atoms with E-state index in [4.69, 9.17) is 10.1 Å². The number of hydrogen-bond donors (Lipinski definition) is 1. The summed E-state index contributed by atoms with van der Waals surface area (Å²) < 4.78 is 0. The lowest BCUT2D eigenvalue weighted by atomic mass is 9.65. The first-order chi connectivity index (χ1) is 20.3. The van der Waals surface area contributed by atoms with Crippen LogP contribution in [0.4, 0.5) is 10.8 Å². The van der Waals surface area contributed by atoms with E-state index in [1.165, 1.54) is 44.2 Å². The van der Waals surface area contributed by atoms with E-state index in [2.05, 4.69) is 113 Å². The van der Waals surface area contributed by atoms with Gasteiger partial charge in [-0.25, -0.2) is 4.98 Å². The van der Waals surface area contributed by atoms with Crippen molar-refractivity contribution in [1.82, 2.24) is 10.4 Å². The molecule has 2 fully saturated rings. The molecule has 6 unspecified atom stereocenters. The van der Waals surface area contributed by atoms with Gasteiger partial charge in [0.15, 0.2) is 5.84 Å². The van der Waals surface area contributed by atoms with Gasteiger partial charge in [0.2, 0.25) is 5.13 Å². The van der Waals surface area contributed by atoms with Gasteiger partial charge in [0.05, 0.1) is 11.4 Å². The summed E-state index contributed by atoms with van der Waals surface area (Å²) >= 11 is 1.93. The Kier molecular flexibility index (Phi) is 8.63. The van der Waals surface area contributed by atoms with Gasteiger partial charge >= 0.3 is 0 Å². The maximum Gasteiger partial charge on any atom is 0.228 e. The molecule has 3 aliphatic rings. The monoisotopic (exact) mass is 583 g/mol. The van der Waals surface area contributed by atoms with Gasteiger partial charge in [-0.2, -0.15) is 0 Å². The Bertz CT molecular complexity index is 1300. The fraction of sp³-hybridized carbons (Fsp3) is 0.556. The molecule has 1 aliphatic heterocycles. The zero-order valence-corrected chi connectivity index (χ0v) is 27.1. The number of aromatic nitrogens is 1. The Hall–Kier alpha value is -2.86. The lowest BCUT2D eigenvalue weighted by molar-refractivity contribution is 0.183. The van der Waals surface area contributed by atoms with Crippen LogP contribution in [0.25, 0.3) is 0 Å². The number of nitrogens with one attached hydrogen (secondary N) is 1. The van der Waals surface area contributed by atoms with Crippen molar-refractivity contribution in [2.75, 3.05) is 10.2 Å². The summed E-state index contributed by atoms with van der Waals surface area (Å²) in [6.45, 7) is 14.7. The molecule has 6 heteroatoms. The summed E-state index contributed by atoms with van der Waals surface area (Å²) in [6.07, 6.45) is 7.83. The molecule has 224 valence electrons. The number of thiazole rings is 1. The van der Waals surface area contributed by atoms with E-state index in [1.54, 1.807) is 4.88 Å². The quantitative estimate of drug-likeness (QED) is 0.301. The Morgan fingerprint density at radius 3 is 1.95 bits per heavy atom. The highest BCUT2D eigenvalue weighted by Gasteiger charge is 2.41. The van der Waals surface area contributed by atoms with Crippen molar-refractivity contribution in [3.63, 3.8) is 0 Å². The van der Waals surface area contributed by atoms with Crippen LogP contribution in [0.3, 0.4) is 0 Å². The molecule has 1 N–H and O–H groups in total. The van der Waals surface area contributed by atoms with Crippen LogP contribution in [0.15, 0.2) is 65.8 Å². The molecule has 0 spiro atoms. The zero-order chi connectivity index (χ0) is 29.4. The van der Waals surface area contributed by atoms with Gasteiger partial charge in [-0.05, 0) is 79.2 Å². The maximum absolute atomic E-state index is 5.65. The molecule has 0 amide bonds. The maximum atomic E-state index is 5.65. The number of rotatable bonds is 7. The van der Waals surface area contributed by atoms with E-state index in [9.17, 15) is 0 Å². The Labute approximate surface area is 257 Å². The molecular formula is C36H49N5S. The Balaban J connectivity index is 1.46. The van der Waals surface area contributed by atoms with Crippen LogP contribution in [-0.2, 0) is 0 Å². The smallest absolute Gasteiger partial charge is 0.228 e. The third kappa shape index (κ3) is 5.84. The first-order valence-electron chi connectivity index (χ1n) is 16.4. The number of nitrogens with zero attached hydrogens (tertiary/aromatic N) is 4. The van der Waals surface area contributed by atoms with Crippen molar-refractivity contribution >= 4 is 28.0 Å². The van der Waals surface area contributed by atoms with Gasteiger partial charge < -0.3 is 0 Å².